The third-order valence-electron chi connectivity index (χ3n) is 4.34. The summed E-state index contributed by atoms with van der Waals surface area (Å²) in [7, 11) is 3.01. The van der Waals surface area contributed by atoms with E-state index in [1.807, 2.05) is 0 Å². The molecule has 0 spiro atoms. The number of aliphatic hydroxyl groups is 1. The maximum Gasteiger partial charge on any atom is 0.408 e. The summed E-state index contributed by atoms with van der Waals surface area (Å²) in [5.41, 5.74) is -1.57. The van der Waals surface area contributed by atoms with E-state index >= 15 is 0 Å². The van der Waals surface area contributed by atoms with E-state index in [1.165, 1.54) is 14.2 Å². The second-order valence-corrected chi connectivity index (χ2v) is 7.37. The molecule has 0 aliphatic heterocycles. The Balaban J connectivity index is 2.48. The van der Waals surface area contributed by atoms with Crippen LogP contribution < -0.4 is 14.8 Å². The van der Waals surface area contributed by atoms with Gasteiger partial charge in [0.2, 0.25) is 0 Å². The smallest absolute Gasteiger partial charge is 0.408 e. The molecular weight excluding hydrogens is 338 g/mol. The van der Waals surface area contributed by atoms with Gasteiger partial charge < -0.3 is 24.6 Å². The number of ether oxygens (including phenoxy) is 3. The van der Waals surface area contributed by atoms with Gasteiger partial charge in [-0.15, -0.1) is 0 Å². The minimum Gasteiger partial charge on any atom is -0.493 e. The van der Waals surface area contributed by atoms with Gasteiger partial charge in [0.15, 0.2) is 17.3 Å². The molecule has 1 aliphatic carbocycles. The van der Waals surface area contributed by atoms with Crippen molar-refractivity contribution in [3.63, 3.8) is 0 Å². The molecule has 1 saturated carbocycles. The van der Waals surface area contributed by atoms with Gasteiger partial charge in [0, 0.05) is 0 Å². The van der Waals surface area contributed by atoms with E-state index in [9.17, 15) is 14.7 Å². The Kier molecular flexibility index (Phi) is 5.81. The van der Waals surface area contributed by atoms with Crippen LogP contribution in [0.2, 0.25) is 0 Å². The van der Waals surface area contributed by atoms with Gasteiger partial charge in [-0.25, -0.2) is 4.79 Å². The quantitative estimate of drug-likeness (QED) is 0.852. The minimum absolute atomic E-state index is 0.359. The second-order valence-electron chi connectivity index (χ2n) is 7.37. The molecule has 1 aliphatic rings. The number of alkyl carbamates (subject to hydrolysis) is 1. The van der Waals surface area contributed by atoms with Crippen LogP contribution in [0.15, 0.2) is 18.2 Å². The van der Waals surface area contributed by atoms with Crippen molar-refractivity contribution in [1.82, 2.24) is 5.32 Å². The lowest BCUT2D eigenvalue weighted by Crippen LogP contribution is -2.58. The Bertz CT molecular complexity index is 681. The summed E-state index contributed by atoms with van der Waals surface area (Å²) in [6.45, 7) is 5.23. The Morgan fingerprint density at radius 1 is 1.23 bits per heavy atom. The van der Waals surface area contributed by atoms with E-state index < -0.39 is 29.1 Å². The Labute approximate surface area is 153 Å². The molecule has 144 valence electrons. The van der Waals surface area contributed by atoms with E-state index in [2.05, 4.69) is 5.32 Å². The first-order valence-corrected chi connectivity index (χ1v) is 8.59. The van der Waals surface area contributed by atoms with Crippen LogP contribution in [0, 0.1) is 0 Å². The number of rotatable bonds is 4. The molecular formula is C19H27NO6. The number of ketones is 1. The number of hydrogen-bond donors (Lipinski definition) is 2. The monoisotopic (exact) mass is 365 g/mol. The standard InChI is InChI=1S/C19H27NO6/c1-18(2,3)26-17(23)20-19(10-6-7-13(21)16(19)22)12-8-9-14(24-4)15(11-12)25-5/h8-9,11,13,21H,6-7,10H2,1-5H3,(H,20,23). The third kappa shape index (κ3) is 4.09. The maximum absolute atomic E-state index is 12.9. The van der Waals surface area contributed by atoms with Gasteiger partial charge in [0.25, 0.3) is 0 Å². The van der Waals surface area contributed by atoms with Crippen molar-refractivity contribution in [3.05, 3.63) is 23.8 Å². The highest BCUT2D eigenvalue weighted by atomic mass is 16.6. The summed E-state index contributed by atoms with van der Waals surface area (Å²) in [6.07, 6.45) is -0.556. The Morgan fingerprint density at radius 2 is 1.88 bits per heavy atom. The predicted molar refractivity (Wildman–Crippen MR) is 95.5 cm³/mol. The predicted octanol–water partition coefficient (Wildman–Crippen LogP) is 2.54. The van der Waals surface area contributed by atoms with Gasteiger partial charge in [-0.3, -0.25) is 4.79 Å². The molecule has 26 heavy (non-hydrogen) atoms. The summed E-state index contributed by atoms with van der Waals surface area (Å²) in [4.78, 5) is 25.3. The molecule has 2 unspecified atom stereocenters. The number of hydrogen-bond acceptors (Lipinski definition) is 6. The lowest BCUT2D eigenvalue weighted by Gasteiger charge is -2.39. The van der Waals surface area contributed by atoms with Crippen molar-refractivity contribution in [2.24, 2.45) is 0 Å². The van der Waals surface area contributed by atoms with Gasteiger partial charge in [-0.2, -0.15) is 0 Å². The largest absolute Gasteiger partial charge is 0.493 e. The number of carbonyl (C=O) groups is 2. The van der Waals surface area contributed by atoms with Gasteiger partial charge in [-0.05, 0) is 57.7 Å². The number of amides is 1. The van der Waals surface area contributed by atoms with E-state index in [4.69, 9.17) is 14.2 Å². The number of methoxy groups -OCH3 is 2. The molecule has 1 aromatic carbocycles. The zero-order chi connectivity index (χ0) is 19.5. The van der Waals surface area contributed by atoms with Crippen molar-refractivity contribution >= 4 is 11.9 Å². The first-order chi connectivity index (χ1) is 12.1. The molecule has 7 nitrogen and oxygen atoms in total. The first-order valence-electron chi connectivity index (χ1n) is 8.59. The second kappa shape index (κ2) is 7.53. The van der Waals surface area contributed by atoms with Gasteiger partial charge in [0.1, 0.15) is 17.2 Å². The molecule has 0 radical (unpaired) electrons. The summed E-state index contributed by atoms with van der Waals surface area (Å²) < 4.78 is 15.9. The van der Waals surface area contributed by atoms with Crippen molar-refractivity contribution in [2.75, 3.05) is 14.2 Å². The molecule has 0 aromatic heterocycles. The zero-order valence-corrected chi connectivity index (χ0v) is 15.9. The van der Waals surface area contributed by atoms with Crippen LogP contribution in [0.3, 0.4) is 0 Å². The molecule has 2 rings (SSSR count). The lowest BCUT2D eigenvalue weighted by molar-refractivity contribution is -0.138. The summed E-state index contributed by atoms with van der Waals surface area (Å²) >= 11 is 0. The van der Waals surface area contributed by atoms with Crippen LogP contribution in [-0.2, 0) is 15.1 Å². The molecule has 1 aromatic rings. The van der Waals surface area contributed by atoms with Crippen LogP contribution in [-0.4, -0.2) is 42.9 Å². The fourth-order valence-corrected chi connectivity index (χ4v) is 3.16. The number of Topliss-reactive ketones (excluding diaryl/α,β-unsaturated/α-hetero) is 1. The van der Waals surface area contributed by atoms with Crippen molar-refractivity contribution in [3.8, 4) is 11.5 Å². The van der Waals surface area contributed by atoms with Crippen LogP contribution in [0.1, 0.15) is 45.6 Å². The highest BCUT2D eigenvalue weighted by Crippen LogP contribution is 2.39. The lowest BCUT2D eigenvalue weighted by atomic mass is 9.74. The number of nitrogens with one attached hydrogen (secondary N) is 1. The average molecular weight is 365 g/mol. The summed E-state index contributed by atoms with van der Waals surface area (Å²) in [5, 5.41) is 12.9. The van der Waals surface area contributed by atoms with E-state index in [0.717, 1.165) is 0 Å². The molecule has 0 bridgehead atoms. The highest BCUT2D eigenvalue weighted by molar-refractivity contribution is 5.96. The highest BCUT2D eigenvalue weighted by Gasteiger charge is 2.48. The first kappa shape index (κ1) is 20.0. The molecule has 7 heteroatoms. The molecule has 0 heterocycles. The van der Waals surface area contributed by atoms with Gasteiger partial charge in [-0.1, -0.05) is 6.07 Å². The maximum atomic E-state index is 12.9. The van der Waals surface area contributed by atoms with E-state index in [-0.39, 0.29) is 0 Å². The fourth-order valence-electron chi connectivity index (χ4n) is 3.16. The van der Waals surface area contributed by atoms with Gasteiger partial charge >= 0.3 is 6.09 Å². The van der Waals surface area contributed by atoms with Crippen LogP contribution in [0.4, 0.5) is 4.79 Å². The third-order valence-corrected chi connectivity index (χ3v) is 4.34. The Morgan fingerprint density at radius 3 is 2.46 bits per heavy atom. The van der Waals surface area contributed by atoms with E-state index in [0.29, 0.717) is 36.3 Å². The molecule has 2 N–H and O–H groups in total. The number of benzene rings is 1. The molecule has 1 amide bonds. The van der Waals surface area contributed by atoms with Crippen LogP contribution in [0.5, 0.6) is 11.5 Å². The van der Waals surface area contributed by atoms with Crippen LogP contribution >= 0.6 is 0 Å². The minimum atomic E-state index is -1.38. The molecule has 2 atom stereocenters. The van der Waals surface area contributed by atoms with Crippen molar-refractivity contribution < 1.29 is 28.9 Å². The summed E-state index contributed by atoms with van der Waals surface area (Å²) in [5.74, 6) is 0.484. The molecule has 0 saturated heterocycles. The normalized spacial score (nSPS) is 23.3. The van der Waals surface area contributed by atoms with Crippen molar-refractivity contribution in [2.45, 2.75) is 57.3 Å². The Hall–Kier alpha value is -2.28. The van der Waals surface area contributed by atoms with Crippen molar-refractivity contribution in [1.29, 1.82) is 0 Å². The zero-order valence-electron chi connectivity index (χ0n) is 15.9. The fraction of sp³-hybridized carbons (Fsp3) is 0.579. The van der Waals surface area contributed by atoms with Crippen LogP contribution in [0.25, 0.3) is 0 Å². The number of aliphatic hydroxyl groups excluding tert-OH is 1. The van der Waals surface area contributed by atoms with E-state index in [1.54, 1.807) is 39.0 Å². The SMILES string of the molecule is COc1ccc(C2(NC(=O)OC(C)(C)C)CCCC(O)C2=O)cc1OC. The average Bonchev–Trinajstić information content (AvgIpc) is 2.56. The summed E-state index contributed by atoms with van der Waals surface area (Å²) in [6, 6.07) is 5.00. The molecule has 1 fully saturated rings. The topological polar surface area (TPSA) is 94.1 Å². The number of carbonyl (C=O) groups excluding carboxylic acids is 2. The van der Waals surface area contributed by atoms with Gasteiger partial charge in [0.05, 0.1) is 14.2 Å².